The van der Waals surface area contributed by atoms with Crippen LogP contribution in [0.2, 0.25) is 0 Å². The lowest BCUT2D eigenvalue weighted by molar-refractivity contribution is -0.149. The number of nitrogens with zero attached hydrogens (tertiary/aromatic N) is 4. The van der Waals surface area contributed by atoms with Crippen LogP contribution in [-0.2, 0) is 15.7 Å². The summed E-state index contributed by atoms with van der Waals surface area (Å²) >= 11 is 0.903. The lowest BCUT2D eigenvalue weighted by Crippen LogP contribution is -2.56. The lowest BCUT2D eigenvalue weighted by atomic mass is 10.0. The van der Waals surface area contributed by atoms with Crippen molar-refractivity contribution in [3.8, 4) is 0 Å². The van der Waals surface area contributed by atoms with Gasteiger partial charge in [-0.3, -0.25) is 14.2 Å². The molecule has 12 heteroatoms. The van der Waals surface area contributed by atoms with Crippen molar-refractivity contribution in [2.45, 2.75) is 50.5 Å². The van der Waals surface area contributed by atoms with E-state index >= 15 is 0 Å². The average Bonchev–Trinajstić information content (AvgIpc) is 3.22. The van der Waals surface area contributed by atoms with Crippen LogP contribution in [-0.4, -0.2) is 46.2 Å². The van der Waals surface area contributed by atoms with E-state index in [1.165, 1.54) is 0 Å². The van der Waals surface area contributed by atoms with Gasteiger partial charge in [0.25, 0.3) is 5.56 Å². The molecule has 2 saturated heterocycles. The van der Waals surface area contributed by atoms with E-state index < -0.39 is 29.6 Å². The molecule has 1 unspecified atom stereocenters. The fourth-order valence-corrected chi connectivity index (χ4v) is 5.51. The summed E-state index contributed by atoms with van der Waals surface area (Å²) in [6, 6.07) is 8.15. The van der Waals surface area contributed by atoms with Crippen LogP contribution in [0.1, 0.15) is 49.7 Å². The molecule has 4 heterocycles. The summed E-state index contributed by atoms with van der Waals surface area (Å²) < 4.78 is 47.5. The van der Waals surface area contributed by atoms with Crippen molar-refractivity contribution in [2.24, 2.45) is 0 Å². The zero-order chi connectivity index (χ0) is 24.7. The van der Waals surface area contributed by atoms with Gasteiger partial charge >= 0.3 is 6.18 Å². The molecule has 5 rings (SSSR count). The zero-order valence-corrected chi connectivity index (χ0v) is 19.7. The summed E-state index contributed by atoms with van der Waals surface area (Å²) in [5.41, 5.74) is 0.0495. The Labute approximate surface area is 202 Å². The molecule has 0 radical (unpaired) electrons. The summed E-state index contributed by atoms with van der Waals surface area (Å²) in [4.78, 5) is 35.9. The zero-order valence-electron chi connectivity index (χ0n) is 18.9. The van der Waals surface area contributed by atoms with E-state index in [4.69, 9.17) is 4.74 Å². The monoisotopic (exact) mass is 507 g/mol. The van der Waals surface area contributed by atoms with Crippen LogP contribution in [0.3, 0.4) is 0 Å². The second-order valence-corrected chi connectivity index (χ2v) is 9.70. The summed E-state index contributed by atoms with van der Waals surface area (Å²) in [7, 11) is 0. The molecule has 1 N–H and O–H groups in total. The van der Waals surface area contributed by atoms with E-state index in [1.807, 2.05) is 37.3 Å². The molecule has 0 spiro atoms. The van der Waals surface area contributed by atoms with Gasteiger partial charge in [-0.15, -0.1) is 0 Å². The van der Waals surface area contributed by atoms with E-state index in [0.29, 0.717) is 30.9 Å². The second kappa shape index (κ2) is 9.23. The third-order valence-corrected chi connectivity index (χ3v) is 7.48. The maximum Gasteiger partial charge on any atom is 0.449 e. The first kappa shape index (κ1) is 23.7. The van der Waals surface area contributed by atoms with Gasteiger partial charge in [-0.2, -0.15) is 13.2 Å². The summed E-state index contributed by atoms with van der Waals surface area (Å²) in [5, 5.41) is 3.30. The largest absolute Gasteiger partial charge is 0.449 e. The Hall–Kier alpha value is -2.99. The SMILES string of the molecule is C[C@@H](NC(=O)C1CCN1c1nc2c(=O)n(C3CCOCC3)c(C(F)(F)F)nc2s1)c1ccccc1. The molecular formula is C23H24F3N5O3S. The minimum Gasteiger partial charge on any atom is -0.381 e. The Morgan fingerprint density at radius 1 is 1.17 bits per heavy atom. The highest BCUT2D eigenvalue weighted by atomic mass is 32.1. The first-order valence-corrected chi connectivity index (χ1v) is 12.3. The maximum atomic E-state index is 13.9. The minimum atomic E-state index is -4.79. The summed E-state index contributed by atoms with van der Waals surface area (Å²) in [6.45, 7) is 2.95. The topological polar surface area (TPSA) is 89.4 Å². The second-order valence-electron chi connectivity index (χ2n) is 8.74. The number of hydrogen-bond donors (Lipinski definition) is 1. The summed E-state index contributed by atoms with van der Waals surface area (Å²) in [5.74, 6) is -1.41. The number of alkyl halides is 3. The molecule has 2 aliphatic heterocycles. The molecule has 0 bridgehead atoms. The van der Waals surface area contributed by atoms with E-state index in [1.54, 1.807) is 4.90 Å². The highest BCUT2D eigenvalue weighted by Crippen LogP contribution is 2.36. The number of amides is 1. The number of halogens is 3. The molecule has 8 nitrogen and oxygen atoms in total. The molecule has 2 aliphatic rings. The van der Waals surface area contributed by atoms with Gasteiger partial charge in [-0.25, -0.2) is 9.97 Å². The molecule has 2 aromatic heterocycles. The molecule has 3 aromatic rings. The third kappa shape index (κ3) is 4.52. The van der Waals surface area contributed by atoms with Crippen LogP contribution in [0.15, 0.2) is 35.1 Å². The number of thiazole rings is 1. The van der Waals surface area contributed by atoms with Gasteiger partial charge in [0.15, 0.2) is 15.5 Å². The van der Waals surface area contributed by atoms with Crippen LogP contribution >= 0.6 is 11.3 Å². The number of carbonyl (C=O) groups is 1. The van der Waals surface area contributed by atoms with E-state index in [0.717, 1.165) is 21.5 Å². The first-order chi connectivity index (χ1) is 16.7. The number of ether oxygens (including phenoxy) is 1. The average molecular weight is 508 g/mol. The standard InChI is InChI=1S/C23H24F3N5O3S/c1-13(14-5-3-2-4-6-14)27-18(32)16-7-10-30(16)22-28-17-19(35-22)29-21(23(24,25)26)31(20(17)33)15-8-11-34-12-9-15/h2-6,13,15-16H,7-12H2,1H3,(H,27,32)/t13-,16?/m1/s1. The Morgan fingerprint density at radius 3 is 2.51 bits per heavy atom. The number of fused-ring (bicyclic) bond motifs is 1. The Bertz CT molecular complexity index is 1290. The normalized spacial score (nSPS) is 20.0. The molecule has 1 aromatic carbocycles. The van der Waals surface area contributed by atoms with Gasteiger partial charge < -0.3 is 15.0 Å². The fraction of sp³-hybridized carbons (Fsp3) is 0.478. The van der Waals surface area contributed by atoms with E-state index in [2.05, 4.69) is 15.3 Å². The number of benzene rings is 1. The van der Waals surface area contributed by atoms with Gasteiger partial charge in [0.05, 0.1) is 6.04 Å². The van der Waals surface area contributed by atoms with Crippen LogP contribution in [0.4, 0.5) is 18.3 Å². The van der Waals surface area contributed by atoms with Crippen LogP contribution in [0.5, 0.6) is 0 Å². The Kier molecular flexibility index (Phi) is 6.26. The predicted molar refractivity (Wildman–Crippen MR) is 125 cm³/mol. The van der Waals surface area contributed by atoms with Crippen molar-refractivity contribution < 1.29 is 22.7 Å². The van der Waals surface area contributed by atoms with Crippen LogP contribution in [0.25, 0.3) is 10.3 Å². The van der Waals surface area contributed by atoms with E-state index in [9.17, 15) is 22.8 Å². The quantitative estimate of drug-likeness (QED) is 0.567. The van der Waals surface area contributed by atoms with Gasteiger partial charge in [-0.05, 0) is 31.7 Å². The molecular weight excluding hydrogens is 483 g/mol. The van der Waals surface area contributed by atoms with Crippen molar-refractivity contribution in [2.75, 3.05) is 24.7 Å². The van der Waals surface area contributed by atoms with Crippen molar-refractivity contribution in [1.82, 2.24) is 19.9 Å². The molecule has 2 atom stereocenters. The molecule has 2 fully saturated rings. The number of carbonyl (C=O) groups excluding carboxylic acids is 1. The Balaban J connectivity index is 1.44. The number of aromatic nitrogens is 3. The van der Waals surface area contributed by atoms with Crippen LogP contribution in [0, 0.1) is 0 Å². The van der Waals surface area contributed by atoms with E-state index in [-0.39, 0.29) is 35.5 Å². The molecule has 0 aliphatic carbocycles. The van der Waals surface area contributed by atoms with Crippen molar-refractivity contribution in [3.05, 3.63) is 52.1 Å². The van der Waals surface area contributed by atoms with Gasteiger partial charge in [0.1, 0.15) is 6.04 Å². The number of rotatable bonds is 5. The number of hydrogen-bond acceptors (Lipinski definition) is 7. The van der Waals surface area contributed by atoms with Crippen molar-refractivity contribution >= 4 is 32.7 Å². The predicted octanol–water partition coefficient (Wildman–Crippen LogP) is 3.68. The van der Waals surface area contributed by atoms with Crippen molar-refractivity contribution in [3.63, 3.8) is 0 Å². The third-order valence-electron chi connectivity index (χ3n) is 6.49. The maximum absolute atomic E-state index is 13.9. The Morgan fingerprint density at radius 2 is 1.89 bits per heavy atom. The smallest absolute Gasteiger partial charge is 0.381 e. The van der Waals surface area contributed by atoms with Gasteiger partial charge in [-0.1, -0.05) is 41.7 Å². The summed E-state index contributed by atoms with van der Waals surface area (Å²) in [6.07, 6.45) is -3.62. The minimum absolute atomic E-state index is 0.0793. The van der Waals surface area contributed by atoms with Crippen molar-refractivity contribution in [1.29, 1.82) is 0 Å². The first-order valence-electron chi connectivity index (χ1n) is 11.4. The number of nitrogens with one attached hydrogen (secondary N) is 1. The van der Waals surface area contributed by atoms with Gasteiger partial charge in [0, 0.05) is 25.8 Å². The highest BCUT2D eigenvalue weighted by Gasteiger charge is 2.41. The van der Waals surface area contributed by atoms with Crippen LogP contribution < -0.4 is 15.8 Å². The highest BCUT2D eigenvalue weighted by molar-refractivity contribution is 7.21. The molecule has 0 saturated carbocycles. The molecule has 35 heavy (non-hydrogen) atoms. The van der Waals surface area contributed by atoms with Gasteiger partial charge in [0.2, 0.25) is 11.7 Å². The molecule has 1 amide bonds. The molecule has 186 valence electrons. The fourth-order valence-electron chi connectivity index (χ4n) is 4.50. The lowest BCUT2D eigenvalue weighted by Gasteiger charge is -2.40. The number of anilines is 1.